The molecule has 8 heteroatoms. The largest absolute Gasteiger partial charge is 0.380 e. The van der Waals surface area contributed by atoms with Gasteiger partial charge >= 0.3 is 0 Å². The molecule has 0 amide bonds. The zero-order valence-corrected chi connectivity index (χ0v) is 12.4. The first-order chi connectivity index (χ1) is 8.47. The van der Waals surface area contributed by atoms with Crippen LogP contribution in [-0.2, 0) is 14.8 Å². The topological polar surface area (TPSA) is 68.3 Å². The van der Waals surface area contributed by atoms with E-state index in [1.54, 1.807) is 13.0 Å². The molecule has 0 fully saturated rings. The number of rotatable bonds is 8. The van der Waals surface area contributed by atoms with Crippen LogP contribution in [-0.4, -0.2) is 33.2 Å². The van der Waals surface area contributed by atoms with Gasteiger partial charge in [0.25, 0.3) is 10.0 Å². The molecule has 1 aromatic rings. The van der Waals surface area contributed by atoms with E-state index >= 15 is 0 Å². The summed E-state index contributed by atoms with van der Waals surface area (Å²) in [5, 5.41) is 0. The van der Waals surface area contributed by atoms with E-state index in [9.17, 15) is 8.42 Å². The quantitative estimate of drug-likeness (QED) is 0.589. The molecule has 1 aromatic heterocycles. The van der Waals surface area contributed by atoms with Crippen molar-refractivity contribution in [1.29, 1.82) is 0 Å². The van der Waals surface area contributed by atoms with E-state index in [1.807, 2.05) is 0 Å². The summed E-state index contributed by atoms with van der Waals surface area (Å²) in [6.07, 6.45) is 2.49. The van der Waals surface area contributed by atoms with Gasteiger partial charge < -0.3 is 4.74 Å². The Labute approximate surface area is 116 Å². The van der Waals surface area contributed by atoms with Gasteiger partial charge in [-0.1, -0.05) is 29.0 Å². The molecule has 0 radical (unpaired) electrons. The highest BCUT2D eigenvalue weighted by molar-refractivity contribution is 7.91. The summed E-state index contributed by atoms with van der Waals surface area (Å²) in [6.45, 7) is 6.24. The first-order valence-corrected chi connectivity index (χ1v) is 7.96. The first kappa shape index (κ1) is 15.6. The normalized spacial score (nSPS) is 11.7. The molecule has 1 heterocycles. The molecule has 18 heavy (non-hydrogen) atoms. The van der Waals surface area contributed by atoms with E-state index in [0.717, 1.165) is 17.8 Å². The second-order valence-corrected chi connectivity index (χ2v) is 6.97. The second kappa shape index (κ2) is 7.20. The molecule has 1 N–H and O–H groups in total. The lowest BCUT2D eigenvalue weighted by Gasteiger charge is -2.05. The Balaban J connectivity index is 2.46. The van der Waals surface area contributed by atoms with Crippen LogP contribution in [0.5, 0.6) is 0 Å². The number of nitrogens with one attached hydrogen (secondary N) is 1. The van der Waals surface area contributed by atoms with Crippen LogP contribution in [0.25, 0.3) is 0 Å². The minimum Gasteiger partial charge on any atom is -0.380 e. The number of aryl methyl sites for hydroxylation is 1. The molecule has 5 nitrogen and oxygen atoms in total. The third kappa shape index (κ3) is 4.66. The molecule has 0 aliphatic carbocycles. The molecule has 0 unspecified atom stereocenters. The summed E-state index contributed by atoms with van der Waals surface area (Å²) in [4.78, 5) is 3.87. The number of halogens is 1. The molecule has 102 valence electrons. The van der Waals surface area contributed by atoms with Gasteiger partial charge in [-0.3, -0.25) is 0 Å². The Bertz CT molecular complexity index is 499. The van der Waals surface area contributed by atoms with E-state index in [0.29, 0.717) is 18.9 Å². The zero-order chi connectivity index (χ0) is 13.6. The van der Waals surface area contributed by atoms with Gasteiger partial charge in [-0.15, -0.1) is 6.58 Å². The Kier molecular flexibility index (Phi) is 6.24. The van der Waals surface area contributed by atoms with Crippen molar-refractivity contribution in [3.63, 3.8) is 0 Å². The van der Waals surface area contributed by atoms with Crippen LogP contribution in [0.4, 0.5) is 0 Å². The lowest BCUT2D eigenvalue weighted by molar-refractivity contribution is 0.144. The fourth-order valence-corrected chi connectivity index (χ4v) is 3.98. The van der Waals surface area contributed by atoms with Gasteiger partial charge in [0.15, 0.2) is 8.68 Å². The summed E-state index contributed by atoms with van der Waals surface area (Å²) >= 11 is 6.61. The van der Waals surface area contributed by atoms with Gasteiger partial charge in [0.05, 0.1) is 18.9 Å². The van der Waals surface area contributed by atoms with Gasteiger partial charge in [-0.2, -0.15) is 0 Å². The van der Waals surface area contributed by atoms with Crippen molar-refractivity contribution in [3.05, 3.63) is 22.8 Å². The Hall–Kier alpha value is -0.470. The van der Waals surface area contributed by atoms with E-state index in [4.69, 9.17) is 16.3 Å². The van der Waals surface area contributed by atoms with Crippen LogP contribution in [0.15, 0.2) is 16.9 Å². The van der Waals surface area contributed by atoms with Crippen molar-refractivity contribution in [2.24, 2.45) is 0 Å². The Morgan fingerprint density at radius 1 is 1.56 bits per heavy atom. The minimum atomic E-state index is -3.54. The third-order valence-corrected chi connectivity index (χ3v) is 5.31. The predicted octanol–water partition coefficient (Wildman–Crippen LogP) is 1.98. The standard InChI is InChI=1S/C10H15ClN2O3S2/c1-3-4-6-16-7-5-12-18(14,15)9-8(2)13-10(11)17-9/h3,12H,1,4-7H2,2H3. The minimum absolute atomic E-state index is 0.151. The summed E-state index contributed by atoms with van der Waals surface area (Å²) in [5.41, 5.74) is 0.407. The Morgan fingerprint density at radius 2 is 2.28 bits per heavy atom. The number of thiazole rings is 1. The predicted molar refractivity (Wildman–Crippen MR) is 72.7 cm³/mol. The van der Waals surface area contributed by atoms with Gasteiger partial charge in [0.2, 0.25) is 0 Å². The number of nitrogens with zero attached hydrogens (tertiary/aromatic N) is 1. The maximum Gasteiger partial charge on any atom is 0.252 e. The molecule has 0 aromatic carbocycles. The molecule has 0 spiro atoms. The van der Waals surface area contributed by atoms with Crippen LogP contribution in [0.2, 0.25) is 4.47 Å². The van der Waals surface area contributed by atoms with Crippen molar-refractivity contribution >= 4 is 33.0 Å². The SMILES string of the molecule is C=CCCOCCNS(=O)(=O)c1sc(Cl)nc1C. The van der Waals surface area contributed by atoms with Crippen LogP contribution < -0.4 is 4.72 Å². The monoisotopic (exact) mass is 310 g/mol. The number of hydrogen-bond acceptors (Lipinski definition) is 5. The van der Waals surface area contributed by atoms with Crippen molar-refractivity contribution in [1.82, 2.24) is 9.71 Å². The highest BCUT2D eigenvalue weighted by atomic mass is 35.5. The lowest BCUT2D eigenvalue weighted by atomic mass is 10.5. The van der Waals surface area contributed by atoms with Gasteiger partial charge in [-0.05, 0) is 13.3 Å². The van der Waals surface area contributed by atoms with E-state index in [2.05, 4.69) is 16.3 Å². The van der Waals surface area contributed by atoms with Gasteiger partial charge in [0, 0.05) is 6.54 Å². The molecule has 0 bridgehead atoms. The number of hydrogen-bond donors (Lipinski definition) is 1. The van der Waals surface area contributed by atoms with Crippen LogP contribution >= 0.6 is 22.9 Å². The maximum atomic E-state index is 11.9. The number of ether oxygens (including phenoxy) is 1. The fraction of sp³-hybridized carbons (Fsp3) is 0.500. The smallest absolute Gasteiger partial charge is 0.252 e. The van der Waals surface area contributed by atoms with E-state index in [-0.39, 0.29) is 15.2 Å². The van der Waals surface area contributed by atoms with Crippen molar-refractivity contribution in [3.8, 4) is 0 Å². The first-order valence-electron chi connectivity index (χ1n) is 5.28. The summed E-state index contributed by atoms with van der Waals surface area (Å²) in [7, 11) is -3.54. The molecular weight excluding hydrogens is 296 g/mol. The van der Waals surface area contributed by atoms with Crippen LogP contribution in [0.1, 0.15) is 12.1 Å². The summed E-state index contributed by atoms with van der Waals surface area (Å²) in [6, 6.07) is 0. The number of sulfonamides is 1. The summed E-state index contributed by atoms with van der Waals surface area (Å²) < 4.78 is 31.8. The molecule has 0 aliphatic heterocycles. The van der Waals surface area contributed by atoms with Crippen LogP contribution in [0, 0.1) is 6.92 Å². The van der Waals surface area contributed by atoms with Crippen molar-refractivity contribution in [2.45, 2.75) is 17.6 Å². The van der Waals surface area contributed by atoms with Crippen molar-refractivity contribution < 1.29 is 13.2 Å². The van der Waals surface area contributed by atoms with Gasteiger partial charge in [-0.25, -0.2) is 18.1 Å². The van der Waals surface area contributed by atoms with Gasteiger partial charge in [0.1, 0.15) is 0 Å². The maximum absolute atomic E-state index is 11.9. The molecular formula is C10H15ClN2O3S2. The third-order valence-electron chi connectivity index (χ3n) is 1.98. The highest BCUT2D eigenvalue weighted by Crippen LogP contribution is 2.26. The second-order valence-electron chi connectivity index (χ2n) is 3.43. The number of aromatic nitrogens is 1. The zero-order valence-electron chi connectivity index (χ0n) is 9.98. The lowest BCUT2D eigenvalue weighted by Crippen LogP contribution is -2.27. The molecule has 0 aliphatic rings. The average Bonchev–Trinajstić information content (AvgIpc) is 2.63. The van der Waals surface area contributed by atoms with E-state index < -0.39 is 10.0 Å². The fourth-order valence-electron chi connectivity index (χ4n) is 1.18. The Morgan fingerprint density at radius 3 is 2.83 bits per heavy atom. The average molecular weight is 311 g/mol. The van der Waals surface area contributed by atoms with Crippen LogP contribution in [0.3, 0.4) is 0 Å². The molecule has 0 atom stereocenters. The molecule has 0 saturated heterocycles. The molecule has 0 saturated carbocycles. The summed E-state index contributed by atoms with van der Waals surface area (Å²) in [5.74, 6) is 0. The highest BCUT2D eigenvalue weighted by Gasteiger charge is 2.20. The van der Waals surface area contributed by atoms with Crippen molar-refractivity contribution in [2.75, 3.05) is 19.8 Å². The molecule has 1 rings (SSSR count). The van der Waals surface area contributed by atoms with E-state index in [1.165, 1.54) is 0 Å².